The van der Waals surface area contributed by atoms with Crippen LogP contribution >= 0.6 is 15.9 Å². The SMILES string of the molecule is CC(Cc1ccc(Br)cc1)(C(=O)O)C(=O)NC1CC1. The Morgan fingerprint density at radius 3 is 2.42 bits per heavy atom. The molecule has 1 atom stereocenters. The molecule has 0 saturated heterocycles. The Bertz CT molecular complexity index is 496. The van der Waals surface area contributed by atoms with E-state index in [-0.39, 0.29) is 12.5 Å². The number of hydrogen-bond donors (Lipinski definition) is 2. The highest BCUT2D eigenvalue weighted by atomic mass is 79.9. The molecule has 0 spiro atoms. The van der Waals surface area contributed by atoms with Gasteiger partial charge in [0.05, 0.1) is 0 Å². The number of amides is 1. The zero-order chi connectivity index (χ0) is 14.0. The van der Waals surface area contributed by atoms with Gasteiger partial charge in [-0.15, -0.1) is 0 Å². The maximum Gasteiger partial charge on any atom is 0.319 e. The van der Waals surface area contributed by atoms with E-state index in [0.717, 1.165) is 22.9 Å². The van der Waals surface area contributed by atoms with E-state index in [9.17, 15) is 14.7 Å². The number of carboxylic acid groups (broad SMARTS) is 1. The molecule has 0 bridgehead atoms. The number of halogens is 1. The third-order valence-electron chi connectivity index (χ3n) is 3.36. The van der Waals surface area contributed by atoms with Crippen LogP contribution in [0.1, 0.15) is 25.3 Å². The summed E-state index contributed by atoms with van der Waals surface area (Å²) in [5.74, 6) is -1.49. The van der Waals surface area contributed by atoms with Crippen molar-refractivity contribution in [1.29, 1.82) is 0 Å². The van der Waals surface area contributed by atoms with Crippen molar-refractivity contribution in [1.82, 2.24) is 5.32 Å². The molecule has 1 aromatic rings. The summed E-state index contributed by atoms with van der Waals surface area (Å²) >= 11 is 3.33. The fourth-order valence-corrected chi connectivity index (χ4v) is 2.10. The van der Waals surface area contributed by atoms with Gasteiger partial charge in [0.15, 0.2) is 0 Å². The minimum absolute atomic E-state index is 0.163. The lowest BCUT2D eigenvalue weighted by molar-refractivity contribution is -0.154. The van der Waals surface area contributed by atoms with E-state index < -0.39 is 17.3 Å². The smallest absolute Gasteiger partial charge is 0.319 e. The predicted molar refractivity (Wildman–Crippen MR) is 74.8 cm³/mol. The lowest BCUT2D eigenvalue weighted by atomic mass is 9.82. The van der Waals surface area contributed by atoms with Crippen LogP contribution in [0.15, 0.2) is 28.7 Å². The molecule has 0 heterocycles. The Morgan fingerprint density at radius 1 is 1.37 bits per heavy atom. The first kappa shape index (κ1) is 14.1. The molecule has 1 aromatic carbocycles. The van der Waals surface area contributed by atoms with E-state index in [0.29, 0.717) is 0 Å². The van der Waals surface area contributed by atoms with E-state index in [1.165, 1.54) is 6.92 Å². The van der Waals surface area contributed by atoms with E-state index >= 15 is 0 Å². The quantitative estimate of drug-likeness (QED) is 0.817. The molecule has 0 radical (unpaired) electrons. The van der Waals surface area contributed by atoms with Crippen molar-refractivity contribution in [2.24, 2.45) is 5.41 Å². The number of nitrogens with one attached hydrogen (secondary N) is 1. The normalized spacial score (nSPS) is 17.6. The van der Waals surface area contributed by atoms with Gasteiger partial charge in [-0.05, 0) is 43.9 Å². The average molecular weight is 326 g/mol. The Morgan fingerprint density at radius 2 is 1.95 bits per heavy atom. The highest BCUT2D eigenvalue weighted by molar-refractivity contribution is 9.10. The van der Waals surface area contributed by atoms with Gasteiger partial charge in [-0.25, -0.2) is 0 Å². The molecule has 1 aliphatic carbocycles. The molecule has 1 fully saturated rings. The molecule has 102 valence electrons. The third-order valence-corrected chi connectivity index (χ3v) is 3.89. The highest BCUT2D eigenvalue weighted by Gasteiger charge is 2.43. The van der Waals surface area contributed by atoms with E-state index in [1.54, 1.807) is 0 Å². The van der Waals surface area contributed by atoms with Crippen LogP contribution in [0, 0.1) is 5.41 Å². The van der Waals surface area contributed by atoms with Crippen molar-refractivity contribution >= 4 is 27.8 Å². The fraction of sp³-hybridized carbons (Fsp3) is 0.429. The number of hydrogen-bond acceptors (Lipinski definition) is 2. The van der Waals surface area contributed by atoms with Crippen molar-refractivity contribution in [2.45, 2.75) is 32.2 Å². The summed E-state index contributed by atoms with van der Waals surface area (Å²) in [7, 11) is 0. The molecular weight excluding hydrogens is 310 g/mol. The fourth-order valence-electron chi connectivity index (χ4n) is 1.84. The second kappa shape index (κ2) is 5.33. The molecular formula is C14H16BrNO3. The van der Waals surface area contributed by atoms with E-state index in [4.69, 9.17) is 0 Å². The monoisotopic (exact) mass is 325 g/mol. The molecule has 4 nitrogen and oxygen atoms in total. The van der Waals surface area contributed by atoms with E-state index in [1.807, 2.05) is 24.3 Å². The lowest BCUT2D eigenvalue weighted by Gasteiger charge is -2.24. The molecule has 1 amide bonds. The zero-order valence-corrected chi connectivity index (χ0v) is 12.2. The van der Waals surface area contributed by atoms with Gasteiger partial charge in [-0.3, -0.25) is 9.59 Å². The lowest BCUT2D eigenvalue weighted by Crippen LogP contribution is -2.46. The summed E-state index contributed by atoms with van der Waals surface area (Å²) in [5.41, 5.74) is -0.588. The van der Waals surface area contributed by atoms with Gasteiger partial charge in [0, 0.05) is 10.5 Å². The van der Waals surface area contributed by atoms with Crippen molar-refractivity contribution in [3.8, 4) is 0 Å². The molecule has 0 aromatic heterocycles. The summed E-state index contributed by atoms with van der Waals surface area (Å²) in [6.07, 6.45) is 2.08. The minimum atomic E-state index is -1.42. The highest BCUT2D eigenvalue weighted by Crippen LogP contribution is 2.27. The van der Waals surface area contributed by atoms with Crippen molar-refractivity contribution < 1.29 is 14.7 Å². The Balaban J connectivity index is 2.15. The molecule has 2 N–H and O–H groups in total. The van der Waals surface area contributed by atoms with Crippen LogP contribution in [-0.2, 0) is 16.0 Å². The van der Waals surface area contributed by atoms with Crippen molar-refractivity contribution in [3.63, 3.8) is 0 Å². The summed E-state index contributed by atoms with van der Waals surface area (Å²) in [4.78, 5) is 23.6. The third kappa shape index (κ3) is 3.35. The Hall–Kier alpha value is -1.36. The van der Waals surface area contributed by atoms with Crippen LogP contribution in [0.3, 0.4) is 0 Å². The minimum Gasteiger partial charge on any atom is -0.480 e. The van der Waals surface area contributed by atoms with Gasteiger partial charge >= 0.3 is 5.97 Å². The first-order valence-electron chi connectivity index (χ1n) is 6.20. The molecule has 1 aliphatic rings. The van der Waals surface area contributed by atoms with Gasteiger partial charge in [-0.2, -0.15) is 0 Å². The first-order valence-corrected chi connectivity index (χ1v) is 7.00. The molecule has 0 aliphatic heterocycles. The van der Waals surface area contributed by atoms with Gasteiger partial charge in [0.1, 0.15) is 5.41 Å². The van der Waals surface area contributed by atoms with Crippen molar-refractivity contribution in [2.75, 3.05) is 0 Å². The van der Waals surface area contributed by atoms with Crippen molar-refractivity contribution in [3.05, 3.63) is 34.3 Å². The number of rotatable bonds is 5. The summed E-state index contributed by atoms with van der Waals surface area (Å²) < 4.78 is 0.927. The second-order valence-corrected chi connectivity index (χ2v) is 6.10. The number of aliphatic carboxylic acids is 1. The average Bonchev–Trinajstić information content (AvgIpc) is 3.15. The molecule has 1 unspecified atom stereocenters. The second-order valence-electron chi connectivity index (χ2n) is 5.19. The predicted octanol–water partition coefficient (Wildman–Crippen LogP) is 2.36. The standard InChI is InChI=1S/C14H16BrNO3/c1-14(13(18)19,12(17)16-11-6-7-11)8-9-2-4-10(15)5-3-9/h2-5,11H,6-8H2,1H3,(H,16,17)(H,18,19). The maximum atomic E-state index is 12.1. The first-order chi connectivity index (χ1) is 8.91. The van der Waals surface area contributed by atoms with Crippen LogP contribution in [0.25, 0.3) is 0 Å². The summed E-state index contributed by atoms with van der Waals surface area (Å²) in [6, 6.07) is 7.51. The van der Waals surface area contributed by atoms with Crippen LogP contribution in [0.4, 0.5) is 0 Å². The number of carbonyl (C=O) groups excluding carboxylic acids is 1. The molecule has 5 heteroatoms. The Labute approximate surface area is 120 Å². The largest absolute Gasteiger partial charge is 0.480 e. The molecule has 2 rings (SSSR count). The van der Waals surface area contributed by atoms with Gasteiger partial charge in [-0.1, -0.05) is 28.1 Å². The van der Waals surface area contributed by atoms with Gasteiger partial charge < -0.3 is 10.4 Å². The van der Waals surface area contributed by atoms with Crippen LogP contribution in [0.5, 0.6) is 0 Å². The van der Waals surface area contributed by atoms with Gasteiger partial charge in [0.2, 0.25) is 5.91 Å². The van der Waals surface area contributed by atoms with Crippen LogP contribution in [-0.4, -0.2) is 23.0 Å². The summed E-state index contributed by atoms with van der Waals surface area (Å²) in [5, 5.41) is 12.2. The molecule has 19 heavy (non-hydrogen) atoms. The number of carboxylic acids is 1. The number of benzene rings is 1. The Kier molecular flexibility index (Phi) is 3.94. The summed E-state index contributed by atoms with van der Waals surface area (Å²) in [6.45, 7) is 1.48. The van der Waals surface area contributed by atoms with Crippen LogP contribution in [0.2, 0.25) is 0 Å². The van der Waals surface area contributed by atoms with Gasteiger partial charge in [0.25, 0.3) is 0 Å². The van der Waals surface area contributed by atoms with E-state index in [2.05, 4.69) is 21.2 Å². The zero-order valence-electron chi connectivity index (χ0n) is 10.6. The topological polar surface area (TPSA) is 66.4 Å². The maximum absolute atomic E-state index is 12.1. The van der Waals surface area contributed by atoms with Crippen LogP contribution < -0.4 is 5.32 Å². The number of carbonyl (C=O) groups is 2. The molecule has 1 saturated carbocycles.